The van der Waals surface area contributed by atoms with Crippen molar-refractivity contribution >= 4 is 17.9 Å². The first-order valence-corrected chi connectivity index (χ1v) is 9.20. The molecule has 0 atom stereocenters. The summed E-state index contributed by atoms with van der Waals surface area (Å²) in [6.07, 6.45) is 7.23. The molecule has 0 aliphatic heterocycles. The van der Waals surface area contributed by atoms with E-state index in [-0.39, 0.29) is 5.41 Å². The second kappa shape index (κ2) is 7.27. The van der Waals surface area contributed by atoms with E-state index in [1.54, 1.807) is 10.7 Å². The molecule has 0 saturated carbocycles. The quantitative estimate of drug-likeness (QED) is 0.484. The zero-order valence-electron chi connectivity index (χ0n) is 16.2. The van der Waals surface area contributed by atoms with E-state index in [2.05, 4.69) is 48.0 Å². The summed E-state index contributed by atoms with van der Waals surface area (Å²) in [5.41, 5.74) is 3.36. The van der Waals surface area contributed by atoms with E-state index in [4.69, 9.17) is 4.74 Å². The van der Waals surface area contributed by atoms with Crippen LogP contribution in [0.3, 0.4) is 0 Å². The van der Waals surface area contributed by atoms with Crippen molar-refractivity contribution in [2.75, 3.05) is 0 Å². The summed E-state index contributed by atoms with van der Waals surface area (Å²) in [5, 5.41) is 4.20. The van der Waals surface area contributed by atoms with Crippen molar-refractivity contribution in [2.24, 2.45) is 0 Å². The van der Waals surface area contributed by atoms with Gasteiger partial charge in [-0.25, -0.2) is 4.98 Å². The summed E-state index contributed by atoms with van der Waals surface area (Å²) in [5.74, 6) is 2.21. The van der Waals surface area contributed by atoms with Gasteiger partial charge >= 0.3 is 0 Å². The molecular formula is C23H22N4O. The Kier molecular flexibility index (Phi) is 4.65. The van der Waals surface area contributed by atoms with E-state index in [9.17, 15) is 0 Å². The number of rotatable bonds is 4. The third-order valence-electron chi connectivity index (χ3n) is 4.47. The van der Waals surface area contributed by atoms with Crippen LogP contribution in [-0.4, -0.2) is 19.6 Å². The van der Waals surface area contributed by atoms with Gasteiger partial charge in [0.1, 0.15) is 17.8 Å². The average molecular weight is 370 g/mol. The van der Waals surface area contributed by atoms with Crippen LogP contribution in [0.4, 0.5) is 0 Å². The van der Waals surface area contributed by atoms with Gasteiger partial charge in [-0.3, -0.25) is 0 Å². The molecule has 140 valence electrons. The van der Waals surface area contributed by atoms with Gasteiger partial charge in [-0.1, -0.05) is 51.1 Å². The summed E-state index contributed by atoms with van der Waals surface area (Å²) in [4.78, 5) is 8.28. The van der Waals surface area contributed by atoms with Gasteiger partial charge in [-0.05, 0) is 52.9 Å². The molecule has 0 amide bonds. The van der Waals surface area contributed by atoms with E-state index in [1.165, 1.54) is 11.9 Å². The number of hydrogen-bond donors (Lipinski definition) is 0. The van der Waals surface area contributed by atoms with Crippen molar-refractivity contribution in [1.82, 2.24) is 19.6 Å². The van der Waals surface area contributed by atoms with Crippen LogP contribution in [0.15, 0.2) is 67.1 Å². The van der Waals surface area contributed by atoms with Gasteiger partial charge in [-0.15, -0.1) is 0 Å². The Labute approximate surface area is 164 Å². The molecule has 0 aliphatic carbocycles. The van der Waals surface area contributed by atoms with Gasteiger partial charge in [0.15, 0.2) is 0 Å². The SMILES string of the molecule is CC(C)(C)c1ccc(Oc2cccc(/C=C/c3ccnc4ncnn34)c2)cc1. The highest BCUT2D eigenvalue weighted by Crippen LogP contribution is 2.27. The first kappa shape index (κ1) is 17.9. The van der Waals surface area contributed by atoms with Crippen molar-refractivity contribution in [3.63, 3.8) is 0 Å². The Balaban J connectivity index is 1.52. The number of benzene rings is 2. The van der Waals surface area contributed by atoms with Gasteiger partial charge in [-0.2, -0.15) is 14.6 Å². The zero-order valence-corrected chi connectivity index (χ0v) is 16.2. The van der Waals surface area contributed by atoms with Crippen LogP contribution in [-0.2, 0) is 5.41 Å². The summed E-state index contributed by atoms with van der Waals surface area (Å²) in [7, 11) is 0. The van der Waals surface area contributed by atoms with Crippen LogP contribution in [0.5, 0.6) is 11.5 Å². The maximum atomic E-state index is 6.03. The molecule has 0 aliphatic rings. The maximum Gasteiger partial charge on any atom is 0.252 e. The summed E-state index contributed by atoms with van der Waals surface area (Å²) >= 11 is 0. The van der Waals surface area contributed by atoms with Gasteiger partial charge in [0, 0.05) is 6.20 Å². The topological polar surface area (TPSA) is 52.3 Å². The number of aromatic nitrogens is 4. The minimum atomic E-state index is 0.131. The average Bonchev–Trinajstić information content (AvgIpc) is 3.16. The summed E-state index contributed by atoms with van der Waals surface area (Å²) < 4.78 is 7.73. The number of fused-ring (bicyclic) bond motifs is 1. The predicted molar refractivity (Wildman–Crippen MR) is 111 cm³/mol. The lowest BCUT2D eigenvalue weighted by atomic mass is 9.87. The van der Waals surface area contributed by atoms with Crippen molar-refractivity contribution in [3.8, 4) is 11.5 Å². The van der Waals surface area contributed by atoms with E-state index in [0.717, 1.165) is 22.8 Å². The molecule has 5 heteroatoms. The van der Waals surface area contributed by atoms with Crippen molar-refractivity contribution in [1.29, 1.82) is 0 Å². The molecule has 0 saturated heterocycles. The molecule has 5 nitrogen and oxygen atoms in total. The minimum absolute atomic E-state index is 0.131. The lowest BCUT2D eigenvalue weighted by molar-refractivity contribution is 0.481. The van der Waals surface area contributed by atoms with Crippen LogP contribution in [0.25, 0.3) is 17.9 Å². The van der Waals surface area contributed by atoms with E-state index in [0.29, 0.717) is 5.78 Å². The Morgan fingerprint density at radius 1 is 0.893 bits per heavy atom. The van der Waals surface area contributed by atoms with Crippen molar-refractivity contribution in [3.05, 3.63) is 83.9 Å². The van der Waals surface area contributed by atoms with Gasteiger partial charge in [0.2, 0.25) is 0 Å². The fraction of sp³-hybridized carbons (Fsp3) is 0.174. The summed E-state index contributed by atoms with van der Waals surface area (Å²) in [6.45, 7) is 6.61. The van der Waals surface area contributed by atoms with Gasteiger partial charge in [0.25, 0.3) is 5.78 Å². The van der Waals surface area contributed by atoms with Gasteiger partial charge < -0.3 is 4.74 Å². The molecule has 4 rings (SSSR count). The molecule has 2 aromatic heterocycles. The monoisotopic (exact) mass is 370 g/mol. The number of ether oxygens (including phenoxy) is 1. The lowest BCUT2D eigenvalue weighted by Crippen LogP contribution is -2.10. The molecule has 0 radical (unpaired) electrons. The highest BCUT2D eigenvalue weighted by atomic mass is 16.5. The van der Waals surface area contributed by atoms with Crippen LogP contribution in [0.2, 0.25) is 0 Å². The Morgan fingerprint density at radius 3 is 2.50 bits per heavy atom. The molecule has 0 unspecified atom stereocenters. The number of nitrogens with zero attached hydrogens (tertiary/aromatic N) is 4. The van der Waals surface area contributed by atoms with Gasteiger partial charge in [0.05, 0.1) is 5.69 Å². The third kappa shape index (κ3) is 3.93. The molecule has 2 aromatic carbocycles. The van der Waals surface area contributed by atoms with E-state index in [1.807, 2.05) is 54.6 Å². The molecule has 4 aromatic rings. The van der Waals surface area contributed by atoms with Crippen LogP contribution in [0, 0.1) is 0 Å². The molecule has 0 fully saturated rings. The van der Waals surface area contributed by atoms with Crippen LogP contribution < -0.4 is 4.74 Å². The lowest BCUT2D eigenvalue weighted by Gasteiger charge is -2.19. The molecule has 28 heavy (non-hydrogen) atoms. The Morgan fingerprint density at radius 2 is 1.71 bits per heavy atom. The molecule has 2 heterocycles. The normalized spacial score (nSPS) is 12.0. The van der Waals surface area contributed by atoms with Crippen molar-refractivity contribution < 1.29 is 4.74 Å². The minimum Gasteiger partial charge on any atom is -0.457 e. The fourth-order valence-electron chi connectivity index (χ4n) is 2.91. The first-order valence-electron chi connectivity index (χ1n) is 9.20. The third-order valence-corrected chi connectivity index (χ3v) is 4.47. The largest absolute Gasteiger partial charge is 0.457 e. The van der Waals surface area contributed by atoms with E-state index < -0.39 is 0 Å². The zero-order chi connectivity index (χ0) is 19.6. The van der Waals surface area contributed by atoms with Crippen LogP contribution in [0.1, 0.15) is 37.6 Å². The summed E-state index contributed by atoms with van der Waals surface area (Å²) in [6, 6.07) is 18.1. The first-order chi connectivity index (χ1) is 13.5. The molecular weight excluding hydrogens is 348 g/mol. The predicted octanol–water partition coefficient (Wildman–Crippen LogP) is 5.38. The Bertz CT molecular complexity index is 1120. The smallest absolute Gasteiger partial charge is 0.252 e. The standard InChI is InChI=1S/C23H22N4O/c1-23(2,3)18-8-11-20(12-9-18)28-21-6-4-5-17(15-21)7-10-19-13-14-24-22-25-16-26-27(19)22/h4-16H,1-3H3/b10-7+. The second-order valence-electron chi connectivity index (χ2n) is 7.62. The maximum absolute atomic E-state index is 6.03. The second-order valence-corrected chi connectivity index (χ2v) is 7.62. The van der Waals surface area contributed by atoms with E-state index >= 15 is 0 Å². The molecule has 0 bridgehead atoms. The highest BCUT2D eigenvalue weighted by molar-refractivity contribution is 5.69. The van der Waals surface area contributed by atoms with Crippen molar-refractivity contribution in [2.45, 2.75) is 26.2 Å². The Hall–Kier alpha value is -3.47. The number of hydrogen-bond acceptors (Lipinski definition) is 4. The molecule has 0 spiro atoms. The van der Waals surface area contributed by atoms with Crippen LogP contribution >= 0.6 is 0 Å². The fourth-order valence-corrected chi connectivity index (χ4v) is 2.91. The molecule has 0 N–H and O–H groups in total. The highest BCUT2D eigenvalue weighted by Gasteiger charge is 2.13.